The molecule has 22 heavy (non-hydrogen) atoms. The minimum absolute atomic E-state index is 0.893. The van der Waals surface area contributed by atoms with Gasteiger partial charge in [-0.2, -0.15) is 4.99 Å². The van der Waals surface area contributed by atoms with Crippen molar-refractivity contribution in [3.8, 4) is 12.0 Å². The molecule has 0 aliphatic rings. The summed E-state index contributed by atoms with van der Waals surface area (Å²) in [5, 5.41) is 0. The lowest BCUT2D eigenvalue weighted by molar-refractivity contribution is 1.53. The lowest BCUT2D eigenvalue weighted by Crippen LogP contribution is -2.02. The maximum atomic E-state index is 4.52. The smallest absolute Gasteiger partial charge is 0.0881 e. The van der Waals surface area contributed by atoms with Crippen LogP contribution in [0.15, 0.2) is 96.0 Å². The molecule has 1 nitrogen and oxygen atoms in total. The summed E-state index contributed by atoms with van der Waals surface area (Å²) in [6.07, 6.45) is 0. The molecule has 0 fully saturated rings. The van der Waals surface area contributed by atoms with Crippen LogP contribution in [0.4, 0.5) is 0 Å². The molecule has 0 radical (unpaired) electrons. The van der Waals surface area contributed by atoms with Gasteiger partial charge in [-0.25, -0.2) is 0 Å². The molecule has 0 spiro atoms. The van der Waals surface area contributed by atoms with Gasteiger partial charge in [0, 0.05) is 22.7 Å². The molecule has 104 valence electrons. The van der Waals surface area contributed by atoms with Crippen LogP contribution >= 0.6 is 0 Å². The maximum absolute atomic E-state index is 4.52. The Morgan fingerprint density at radius 2 is 1.05 bits per heavy atom. The Kier molecular flexibility index (Phi) is 4.44. The first kappa shape index (κ1) is 13.9. The van der Waals surface area contributed by atoms with Gasteiger partial charge in [0.1, 0.15) is 0 Å². The summed E-state index contributed by atoms with van der Waals surface area (Å²) in [6.45, 7) is 0. The Hall–Kier alpha value is -3.11. The Morgan fingerprint density at radius 3 is 1.55 bits per heavy atom. The zero-order valence-electron chi connectivity index (χ0n) is 12.1. The predicted octanol–water partition coefficient (Wildman–Crippen LogP) is 4.53. The summed E-state index contributed by atoms with van der Waals surface area (Å²) in [5.41, 5.74) is 3.99. The third kappa shape index (κ3) is 3.50. The highest BCUT2D eigenvalue weighted by atomic mass is 14.7. The molecule has 0 amide bonds. The fraction of sp³-hybridized carbons (Fsp3) is 0. The summed E-state index contributed by atoms with van der Waals surface area (Å²) in [5.74, 6) is 3.08. The average Bonchev–Trinajstić information content (AvgIpc) is 2.61. The Morgan fingerprint density at radius 1 is 0.591 bits per heavy atom. The molecule has 0 saturated carbocycles. The van der Waals surface area contributed by atoms with Crippen LogP contribution in [0.2, 0.25) is 0 Å². The van der Waals surface area contributed by atoms with Crippen molar-refractivity contribution in [2.75, 3.05) is 0 Å². The van der Waals surface area contributed by atoms with E-state index in [-0.39, 0.29) is 0 Å². The van der Waals surface area contributed by atoms with Crippen LogP contribution in [0.1, 0.15) is 16.7 Å². The molecule has 0 heterocycles. The third-order valence-electron chi connectivity index (χ3n) is 3.24. The van der Waals surface area contributed by atoms with Crippen molar-refractivity contribution >= 4 is 5.71 Å². The van der Waals surface area contributed by atoms with Crippen molar-refractivity contribution in [3.63, 3.8) is 0 Å². The highest BCUT2D eigenvalue weighted by Gasteiger charge is 2.04. The number of aliphatic imine (C=N–C) groups is 1. The van der Waals surface area contributed by atoms with Gasteiger partial charge in [0.05, 0.1) is 5.71 Å². The van der Waals surface area contributed by atoms with Crippen LogP contribution in [-0.2, 0) is 0 Å². The van der Waals surface area contributed by atoms with Gasteiger partial charge < -0.3 is 0 Å². The van der Waals surface area contributed by atoms with E-state index < -0.39 is 0 Å². The van der Waals surface area contributed by atoms with Crippen molar-refractivity contribution in [2.45, 2.75) is 0 Å². The normalized spacial score (nSPS) is 9.45. The van der Waals surface area contributed by atoms with E-state index >= 15 is 0 Å². The molecule has 3 aromatic rings. The van der Waals surface area contributed by atoms with Crippen molar-refractivity contribution in [1.29, 1.82) is 0 Å². The molecule has 0 saturated heterocycles. The average molecular weight is 281 g/mol. The van der Waals surface area contributed by atoms with Crippen LogP contribution in [-0.4, -0.2) is 5.71 Å². The second-order valence-corrected chi connectivity index (χ2v) is 4.80. The largest absolute Gasteiger partial charge is 0.196 e. The van der Waals surface area contributed by atoms with E-state index in [2.05, 4.69) is 41.2 Å². The summed E-state index contributed by atoms with van der Waals surface area (Å²) >= 11 is 0. The number of nitrogens with zero attached hydrogens (tertiary/aromatic N) is 1. The zero-order valence-corrected chi connectivity index (χ0v) is 12.1. The lowest BCUT2D eigenvalue weighted by atomic mass is 10.0. The van der Waals surface area contributed by atoms with Crippen molar-refractivity contribution in [3.05, 3.63) is 108 Å². The quantitative estimate of drug-likeness (QED) is 0.483. The Labute approximate surface area is 131 Å². The van der Waals surface area contributed by atoms with E-state index in [9.17, 15) is 0 Å². The van der Waals surface area contributed by atoms with Crippen molar-refractivity contribution in [2.24, 2.45) is 4.99 Å². The standard InChI is InChI=1S/C21H15N/c1-4-10-18(11-5-1)16-17-22-21(19-12-6-2-7-13-19)20-14-8-3-9-15-20/h1-15H. The van der Waals surface area contributed by atoms with Gasteiger partial charge in [0.2, 0.25) is 0 Å². The minimum Gasteiger partial charge on any atom is -0.196 e. The van der Waals surface area contributed by atoms with Crippen LogP contribution in [0.5, 0.6) is 0 Å². The second kappa shape index (κ2) is 7.06. The Bertz CT molecular complexity index is 766. The minimum atomic E-state index is 0.893. The van der Waals surface area contributed by atoms with Crippen LogP contribution in [0.3, 0.4) is 0 Å². The molecule has 1 heteroatoms. The van der Waals surface area contributed by atoms with E-state index in [0.29, 0.717) is 0 Å². The lowest BCUT2D eigenvalue weighted by Gasteiger charge is -2.04. The molecule has 0 aromatic heterocycles. The van der Waals surface area contributed by atoms with Crippen LogP contribution < -0.4 is 0 Å². The van der Waals surface area contributed by atoms with Gasteiger partial charge in [-0.1, -0.05) is 78.9 Å². The van der Waals surface area contributed by atoms with Gasteiger partial charge in [0.15, 0.2) is 0 Å². The Balaban J connectivity index is 2.00. The fourth-order valence-electron chi connectivity index (χ4n) is 2.16. The molecule has 3 rings (SSSR count). The molecule has 0 bridgehead atoms. The summed E-state index contributed by atoms with van der Waals surface area (Å²) < 4.78 is 0. The molecular formula is C21H15N. The highest BCUT2D eigenvalue weighted by molar-refractivity contribution is 6.13. The van der Waals surface area contributed by atoms with E-state index in [1.807, 2.05) is 66.7 Å². The van der Waals surface area contributed by atoms with Crippen molar-refractivity contribution < 1.29 is 0 Å². The van der Waals surface area contributed by atoms with Gasteiger partial charge in [-0.05, 0) is 18.1 Å². The van der Waals surface area contributed by atoms with E-state index in [4.69, 9.17) is 0 Å². The molecule has 0 atom stereocenters. The SMILES string of the molecule is C(#Cc1ccccc1)N=C(c1ccccc1)c1ccccc1. The monoisotopic (exact) mass is 281 g/mol. The molecule has 0 N–H and O–H groups in total. The van der Waals surface area contributed by atoms with Gasteiger partial charge in [-0.3, -0.25) is 0 Å². The number of benzene rings is 3. The van der Waals surface area contributed by atoms with Crippen LogP contribution in [0.25, 0.3) is 0 Å². The fourth-order valence-corrected chi connectivity index (χ4v) is 2.16. The summed E-state index contributed by atoms with van der Waals surface area (Å²) in [4.78, 5) is 4.52. The van der Waals surface area contributed by atoms with E-state index in [1.54, 1.807) is 0 Å². The predicted molar refractivity (Wildman–Crippen MR) is 91.8 cm³/mol. The first-order chi connectivity index (χ1) is 10.9. The number of rotatable bonds is 2. The van der Waals surface area contributed by atoms with Gasteiger partial charge >= 0.3 is 0 Å². The number of hydrogen-bond acceptors (Lipinski definition) is 1. The topological polar surface area (TPSA) is 12.4 Å². The molecule has 3 aromatic carbocycles. The van der Waals surface area contributed by atoms with Gasteiger partial charge in [-0.15, -0.1) is 0 Å². The molecule has 0 aliphatic carbocycles. The highest BCUT2D eigenvalue weighted by Crippen LogP contribution is 2.10. The maximum Gasteiger partial charge on any atom is 0.0881 e. The first-order valence-electron chi connectivity index (χ1n) is 7.18. The van der Waals surface area contributed by atoms with Crippen LogP contribution in [0, 0.1) is 12.0 Å². The third-order valence-corrected chi connectivity index (χ3v) is 3.24. The van der Waals surface area contributed by atoms with E-state index in [0.717, 1.165) is 22.4 Å². The summed E-state index contributed by atoms with van der Waals surface area (Å²) in [6, 6.07) is 33.1. The van der Waals surface area contributed by atoms with Gasteiger partial charge in [0.25, 0.3) is 0 Å². The molecule has 0 aliphatic heterocycles. The summed E-state index contributed by atoms with van der Waals surface area (Å²) in [7, 11) is 0. The molecular weight excluding hydrogens is 266 g/mol. The van der Waals surface area contributed by atoms with E-state index in [1.165, 1.54) is 0 Å². The second-order valence-electron chi connectivity index (χ2n) is 4.80. The molecule has 0 unspecified atom stereocenters. The zero-order chi connectivity index (χ0) is 15.0. The first-order valence-corrected chi connectivity index (χ1v) is 7.18. The number of hydrogen-bond donors (Lipinski definition) is 0. The van der Waals surface area contributed by atoms with Crippen molar-refractivity contribution in [1.82, 2.24) is 0 Å².